The van der Waals surface area contributed by atoms with Crippen LogP contribution in [0.1, 0.15) is 15.9 Å². The van der Waals surface area contributed by atoms with Crippen molar-refractivity contribution in [3.63, 3.8) is 0 Å². The van der Waals surface area contributed by atoms with E-state index in [0.717, 1.165) is 5.56 Å². The Kier molecular flexibility index (Phi) is 4.35. The van der Waals surface area contributed by atoms with Gasteiger partial charge in [-0.15, -0.1) is 0 Å². The van der Waals surface area contributed by atoms with Crippen molar-refractivity contribution in [1.82, 2.24) is 4.57 Å². The predicted octanol–water partition coefficient (Wildman–Crippen LogP) is 2.05. The molecule has 0 saturated heterocycles. The molecule has 0 aliphatic heterocycles. The molecule has 1 aromatic heterocycles. The Morgan fingerprint density at radius 3 is 2.48 bits per heavy atom. The number of aromatic nitrogens is 1. The van der Waals surface area contributed by atoms with Gasteiger partial charge in [0.05, 0.1) is 5.52 Å². The van der Waals surface area contributed by atoms with Crippen LogP contribution in [0.3, 0.4) is 0 Å². The summed E-state index contributed by atoms with van der Waals surface area (Å²) < 4.78 is 1.73. The molecular formula is C19H17N3O3. The van der Waals surface area contributed by atoms with Crippen molar-refractivity contribution >= 4 is 28.4 Å². The van der Waals surface area contributed by atoms with Crippen LogP contribution in [-0.4, -0.2) is 16.4 Å². The van der Waals surface area contributed by atoms with Crippen LogP contribution in [0.5, 0.6) is 0 Å². The zero-order valence-corrected chi connectivity index (χ0v) is 13.7. The Morgan fingerprint density at radius 2 is 1.80 bits per heavy atom. The lowest BCUT2D eigenvalue weighted by molar-refractivity contribution is -0.116. The van der Waals surface area contributed by atoms with Crippen LogP contribution in [0.4, 0.5) is 5.69 Å². The first kappa shape index (κ1) is 16.4. The number of rotatable bonds is 4. The van der Waals surface area contributed by atoms with Crippen molar-refractivity contribution in [3.8, 4) is 0 Å². The van der Waals surface area contributed by atoms with Crippen LogP contribution in [0.2, 0.25) is 0 Å². The molecule has 6 nitrogen and oxygen atoms in total. The minimum atomic E-state index is -0.520. The number of carbonyl (C=O) groups is 2. The predicted molar refractivity (Wildman–Crippen MR) is 96.5 cm³/mol. The maximum absolute atomic E-state index is 12.3. The lowest BCUT2D eigenvalue weighted by Crippen LogP contribution is -2.20. The van der Waals surface area contributed by atoms with Crippen molar-refractivity contribution in [1.29, 1.82) is 0 Å². The van der Waals surface area contributed by atoms with Crippen molar-refractivity contribution in [2.24, 2.45) is 5.73 Å². The number of carbonyl (C=O) groups excluding carboxylic acids is 2. The average molecular weight is 335 g/mol. The topological polar surface area (TPSA) is 94.2 Å². The molecule has 3 aromatic rings. The molecule has 0 atom stereocenters. The van der Waals surface area contributed by atoms with Gasteiger partial charge in [-0.05, 0) is 43.3 Å². The van der Waals surface area contributed by atoms with Crippen LogP contribution < -0.4 is 16.5 Å². The quantitative estimate of drug-likeness (QED) is 0.764. The molecule has 2 amide bonds. The maximum Gasteiger partial charge on any atom is 0.248 e. The Morgan fingerprint density at radius 1 is 1.08 bits per heavy atom. The van der Waals surface area contributed by atoms with Crippen LogP contribution >= 0.6 is 0 Å². The molecule has 0 aliphatic rings. The zero-order chi connectivity index (χ0) is 18.0. The van der Waals surface area contributed by atoms with E-state index in [0.29, 0.717) is 22.2 Å². The van der Waals surface area contributed by atoms with E-state index in [-0.39, 0.29) is 17.9 Å². The number of nitrogens with one attached hydrogen (secondary N) is 1. The number of anilines is 1. The SMILES string of the molecule is Cc1ccc2c(c1)c(=O)ccn2CC(=O)Nc1ccc(C(N)=O)cc1. The molecule has 3 N–H and O–H groups in total. The number of nitrogens with zero attached hydrogens (tertiary/aromatic N) is 1. The molecule has 25 heavy (non-hydrogen) atoms. The molecule has 0 fully saturated rings. The first-order valence-electron chi connectivity index (χ1n) is 7.73. The molecule has 126 valence electrons. The first-order chi connectivity index (χ1) is 11.9. The summed E-state index contributed by atoms with van der Waals surface area (Å²) in [4.78, 5) is 35.3. The Labute approximate surface area is 143 Å². The van der Waals surface area contributed by atoms with E-state index >= 15 is 0 Å². The minimum Gasteiger partial charge on any atom is -0.366 e. The summed E-state index contributed by atoms with van der Waals surface area (Å²) in [7, 11) is 0. The normalized spacial score (nSPS) is 10.6. The summed E-state index contributed by atoms with van der Waals surface area (Å²) in [6, 6.07) is 13.3. The number of fused-ring (bicyclic) bond motifs is 1. The second-order valence-corrected chi connectivity index (χ2v) is 5.82. The third-order valence-corrected chi connectivity index (χ3v) is 3.90. The van der Waals surface area contributed by atoms with Crippen LogP contribution in [0.25, 0.3) is 10.9 Å². The number of primary amides is 1. The van der Waals surface area contributed by atoms with E-state index in [1.165, 1.54) is 6.07 Å². The van der Waals surface area contributed by atoms with Crippen LogP contribution in [0, 0.1) is 6.92 Å². The van der Waals surface area contributed by atoms with Crippen LogP contribution in [0.15, 0.2) is 59.5 Å². The summed E-state index contributed by atoms with van der Waals surface area (Å²) in [5.41, 5.74) is 7.75. The highest BCUT2D eigenvalue weighted by molar-refractivity contribution is 5.95. The van der Waals surface area contributed by atoms with Crippen LogP contribution in [-0.2, 0) is 11.3 Å². The Bertz CT molecular complexity index is 1020. The van der Waals surface area contributed by atoms with Gasteiger partial charge in [-0.3, -0.25) is 14.4 Å². The molecule has 0 unspecified atom stereocenters. The highest BCUT2D eigenvalue weighted by Crippen LogP contribution is 2.13. The molecule has 0 aliphatic carbocycles. The number of pyridine rings is 1. The number of nitrogens with two attached hydrogens (primary N) is 1. The summed E-state index contributed by atoms with van der Waals surface area (Å²) in [6.07, 6.45) is 1.61. The van der Waals surface area contributed by atoms with Gasteiger partial charge >= 0.3 is 0 Å². The second-order valence-electron chi connectivity index (χ2n) is 5.82. The van der Waals surface area contributed by atoms with E-state index < -0.39 is 5.91 Å². The largest absolute Gasteiger partial charge is 0.366 e. The van der Waals surface area contributed by atoms with Crippen molar-refractivity contribution in [3.05, 3.63) is 76.1 Å². The molecule has 0 radical (unpaired) electrons. The summed E-state index contributed by atoms with van der Waals surface area (Å²) in [6.45, 7) is 1.98. The van der Waals surface area contributed by atoms with Gasteiger partial charge in [0.2, 0.25) is 11.8 Å². The Balaban J connectivity index is 1.81. The van der Waals surface area contributed by atoms with E-state index in [1.54, 1.807) is 35.0 Å². The van der Waals surface area contributed by atoms with Crippen molar-refractivity contribution < 1.29 is 9.59 Å². The molecule has 1 heterocycles. The maximum atomic E-state index is 12.3. The number of benzene rings is 2. The number of aryl methyl sites for hydroxylation is 1. The monoisotopic (exact) mass is 335 g/mol. The molecule has 0 spiro atoms. The lowest BCUT2D eigenvalue weighted by Gasteiger charge is -2.11. The third kappa shape index (κ3) is 3.58. The highest BCUT2D eigenvalue weighted by atomic mass is 16.2. The number of hydrogen-bond donors (Lipinski definition) is 2. The van der Waals surface area contributed by atoms with E-state index in [4.69, 9.17) is 5.73 Å². The summed E-state index contributed by atoms with van der Waals surface area (Å²) in [5.74, 6) is -0.759. The van der Waals surface area contributed by atoms with Gasteiger partial charge in [0.15, 0.2) is 5.43 Å². The van der Waals surface area contributed by atoms with E-state index in [1.807, 2.05) is 25.1 Å². The van der Waals surface area contributed by atoms with Crippen molar-refractivity contribution in [2.45, 2.75) is 13.5 Å². The number of hydrogen-bond acceptors (Lipinski definition) is 3. The standard InChI is InChI=1S/C19H17N3O3/c1-12-2-7-16-15(10-12)17(23)8-9-22(16)11-18(24)21-14-5-3-13(4-6-14)19(20)25/h2-10H,11H2,1H3,(H2,20,25)(H,21,24). The fourth-order valence-electron chi connectivity index (χ4n) is 2.64. The Hall–Kier alpha value is -3.41. The van der Waals surface area contributed by atoms with E-state index in [2.05, 4.69) is 5.32 Å². The first-order valence-corrected chi connectivity index (χ1v) is 7.73. The molecule has 2 aromatic carbocycles. The highest BCUT2D eigenvalue weighted by Gasteiger charge is 2.08. The van der Waals surface area contributed by atoms with Crippen molar-refractivity contribution in [2.75, 3.05) is 5.32 Å². The van der Waals surface area contributed by atoms with Gasteiger partial charge in [-0.25, -0.2) is 0 Å². The smallest absolute Gasteiger partial charge is 0.248 e. The fourth-order valence-corrected chi connectivity index (χ4v) is 2.64. The molecule has 0 bridgehead atoms. The molecule has 0 saturated carbocycles. The van der Waals surface area contributed by atoms with Gasteiger partial charge in [0.25, 0.3) is 0 Å². The summed E-state index contributed by atoms with van der Waals surface area (Å²) in [5, 5.41) is 3.34. The molecule has 3 rings (SSSR count). The number of amides is 2. The van der Waals surface area contributed by atoms with Gasteiger partial charge in [-0.1, -0.05) is 11.6 Å². The third-order valence-electron chi connectivity index (χ3n) is 3.90. The second kappa shape index (κ2) is 6.60. The lowest BCUT2D eigenvalue weighted by atomic mass is 10.1. The zero-order valence-electron chi connectivity index (χ0n) is 13.7. The van der Waals surface area contributed by atoms with Gasteiger partial charge in [-0.2, -0.15) is 0 Å². The van der Waals surface area contributed by atoms with E-state index in [9.17, 15) is 14.4 Å². The fraction of sp³-hybridized carbons (Fsp3) is 0.105. The molecule has 6 heteroatoms. The summed E-state index contributed by atoms with van der Waals surface area (Å²) >= 11 is 0. The average Bonchev–Trinajstić information content (AvgIpc) is 2.58. The van der Waals surface area contributed by atoms with Gasteiger partial charge in [0.1, 0.15) is 6.54 Å². The van der Waals surface area contributed by atoms with Gasteiger partial charge < -0.3 is 15.6 Å². The van der Waals surface area contributed by atoms with Gasteiger partial charge in [0, 0.05) is 28.9 Å². The molecular weight excluding hydrogens is 318 g/mol. The minimum absolute atomic E-state index is 0.0669.